The van der Waals surface area contributed by atoms with Gasteiger partial charge in [0.15, 0.2) is 17.4 Å². The first-order chi connectivity index (χ1) is 14.6. The molecule has 0 saturated heterocycles. The lowest BCUT2D eigenvalue weighted by Gasteiger charge is -2.12. The van der Waals surface area contributed by atoms with Crippen LogP contribution >= 0.6 is 11.6 Å². The van der Waals surface area contributed by atoms with Crippen LogP contribution in [0.1, 0.15) is 41.9 Å². The summed E-state index contributed by atoms with van der Waals surface area (Å²) in [6.07, 6.45) is 0.372. The van der Waals surface area contributed by atoms with Crippen LogP contribution in [0, 0.1) is 24.4 Å². The third-order valence-corrected chi connectivity index (χ3v) is 5.52. The van der Waals surface area contributed by atoms with E-state index < -0.39 is 35.0 Å². The van der Waals surface area contributed by atoms with Gasteiger partial charge in [-0.15, -0.1) is 0 Å². The highest BCUT2D eigenvalue weighted by Crippen LogP contribution is 2.35. The molecule has 0 aliphatic heterocycles. The number of benzene rings is 2. The Kier molecular flexibility index (Phi) is 6.31. The van der Waals surface area contributed by atoms with Gasteiger partial charge in [0, 0.05) is 28.8 Å². The van der Waals surface area contributed by atoms with Gasteiger partial charge in [0.25, 0.3) is 5.91 Å². The first-order valence-electron chi connectivity index (χ1n) is 9.56. The van der Waals surface area contributed by atoms with Gasteiger partial charge in [0.05, 0.1) is 17.0 Å². The van der Waals surface area contributed by atoms with Gasteiger partial charge in [-0.2, -0.15) is 0 Å². The molecule has 0 bridgehead atoms. The van der Waals surface area contributed by atoms with E-state index in [0.29, 0.717) is 6.42 Å². The number of nitrogens with zero attached hydrogens (tertiary/aromatic N) is 1. The maximum Gasteiger partial charge on any atom is 0.262 e. The summed E-state index contributed by atoms with van der Waals surface area (Å²) >= 11 is 5.67. The van der Waals surface area contributed by atoms with Crippen molar-refractivity contribution >= 4 is 34.3 Å². The first-order valence-corrected chi connectivity index (χ1v) is 9.94. The molecule has 1 amide bonds. The molecule has 3 aromatic rings. The van der Waals surface area contributed by atoms with Gasteiger partial charge in [0.2, 0.25) is 5.91 Å². The van der Waals surface area contributed by atoms with E-state index in [-0.39, 0.29) is 45.2 Å². The number of hydrogen-bond acceptors (Lipinski definition) is 3. The lowest BCUT2D eigenvalue weighted by Crippen LogP contribution is -2.33. The number of phenolic OH excluding ortho intramolecular Hbond substituents is 1. The normalized spacial score (nSPS) is 12.2. The molecule has 1 atom stereocenters. The molecule has 164 valence electrons. The van der Waals surface area contributed by atoms with E-state index in [4.69, 9.17) is 11.6 Å². The van der Waals surface area contributed by atoms with Crippen molar-refractivity contribution in [2.45, 2.75) is 39.7 Å². The quantitative estimate of drug-likeness (QED) is 0.580. The van der Waals surface area contributed by atoms with Crippen molar-refractivity contribution in [3.63, 3.8) is 0 Å². The minimum absolute atomic E-state index is 0.105. The SMILES string of the molecule is CCC(C)NC(=O)Cc1c(C)n(C(=O)c2ccc(Cl)c(F)c2)c2cc(F)c(O)c(F)c12. The summed E-state index contributed by atoms with van der Waals surface area (Å²) in [6, 6.07) is 4.06. The second kappa shape index (κ2) is 8.63. The molecule has 1 unspecified atom stereocenters. The van der Waals surface area contributed by atoms with Crippen LogP contribution in [0.5, 0.6) is 5.75 Å². The summed E-state index contributed by atoms with van der Waals surface area (Å²) in [6.45, 7) is 5.14. The number of carbonyl (C=O) groups excluding carboxylic acids is 2. The van der Waals surface area contributed by atoms with E-state index >= 15 is 0 Å². The fraction of sp³-hybridized carbons (Fsp3) is 0.273. The van der Waals surface area contributed by atoms with Crippen LogP contribution in [0.3, 0.4) is 0 Å². The van der Waals surface area contributed by atoms with Crippen LogP contribution in [0.25, 0.3) is 10.9 Å². The van der Waals surface area contributed by atoms with Crippen molar-refractivity contribution in [3.8, 4) is 5.75 Å². The molecule has 31 heavy (non-hydrogen) atoms. The molecule has 1 aromatic heterocycles. The van der Waals surface area contributed by atoms with Crippen LogP contribution in [0.4, 0.5) is 13.2 Å². The van der Waals surface area contributed by atoms with Crippen molar-refractivity contribution < 1.29 is 27.9 Å². The largest absolute Gasteiger partial charge is 0.503 e. The summed E-state index contributed by atoms with van der Waals surface area (Å²) in [5, 5.41) is 12.1. The van der Waals surface area contributed by atoms with E-state index in [2.05, 4.69) is 5.32 Å². The number of carbonyl (C=O) groups is 2. The van der Waals surface area contributed by atoms with E-state index in [1.165, 1.54) is 19.1 Å². The summed E-state index contributed by atoms with van der Waals surface area (Å²) < 4.78 is 43.9. The average Bonchev–Trinajstić information content (AvgIpc) is 2.98. The Morgan fingerprint density at radius 3 is 2.48 bits per heavy atom. The molecular weight excluding hydrogens is 433 g/mol. The third-order valence-electron chi connectivity index (χ3n) is 5.21. The maximum atomic E-state index is 14.9. The Labute approximate surface area is 181 Å². The number of phenols is 1. The molecule has 3 rings (SSSR count). The molecule has 5 nitrogen and oxygen atoms in total. The number of fused-ring (bicyclic) bond motifs is 1. The summed E-state index contributed by atoms with van der Waals surface area (Å²) in [5.41, 5.74) is -0.00616. The Hall–Kier alpha value is -3.00. The van der Waals surface area contributed by atoms with Crippen molar-refractivity contribution in [2.75, 3.05) is 0 Å². The van der Waals surface area contributed by atoms with Crippen molar-refractivity contribution in [1.29, 1.82) is 0 Å². The fourth-order valence-electron chi connectivity index (χ4n) is 3.38. The van der Waals surface area contributed by atoms with E-state index in [1.807, 2.05) is 6.92 Å². The van der Waals surface area contributed by atoms with Crippen molar-refractivity contribution in [1.82, 2.24) is 9.88 Å². The molecule has 0 radical (unpaired) electrons. The van der Waals surface area contributed by atoms with Gasteiger partial charge in [-0.05, 0) is 44.0 Å². The Morgan fingerprint density at radius 1 is 1.19 bits per heavy atom. The van der Waals surface area contributed by atoms with Gasteiger partial charge in [-0.25, -0.2) is 13.2 Å². The molecule has 0 aliphatic rings. The zero-order chi connectivity index (χ0) is 23.0. The third kappa shape index (κ3) is 4.12. The number of amides is 1. The lowest BCUT2D eigenvalue weighted by molar-refractivity contribution is -0.121. The zero-order valence-electron chi connectivity index (χ0n) is 17.0. The van der Waals surface area contributed by atoms with E-state index in [0.717, 1.165) is 16.7 Å². The van der Waals surface area contributed by atoms with Gasteiger partial charge in [-0.3, -0.25) is 14.2 Å². The highest BCUT2D eigenvalue weighted by molar-refractivity contribution is 6.30. The standard InChI is InChI=1S/C22H20ClF3N2O3/c1-4-10(2)27-18(29)8-13-11(3)28(17-9-16(25)21(30)20(26)19(13)17)22(31)12-5-6-14(23)15(24)7-12/h5-7,9-10,30H,4,8H2,1-3H3,(H,27,29). The fourth-order valence-corrected chi connectivity index (χ4v) is 3.50. The van der Waals surface area contributed by atoms with Gasteiger partial charge in [-0.1, -0.05) is 18.5 Å². The lowest BCUT2D eigenvalue weighted by atomic mass is 10.1. The number of halogens is 4. The number of hydrogen-bond donors (Lipinski definition) is 2. The predicted molar refractivity (Wildman–Crippen MR) is 111 cm³/mol. The highest BCUT2D eigenvalue weighted by atomic mass is 35.5. The summed E-state index contributed by atoms with van der Waals surface area (Å²) in [7, 11) is 0. The second-order valence-electron chi connectivity index (χ2n) is 7.30. The Morgan fingerprint density at radius 2 is 1.87 bits per heavy atom. The van der Waals surface area contributed by atoms with Gasteiger partial charge >= 0.3 is 0 Å². The Balaban J connectivity index is 2.22. The smallest absolute Gasteiger partial charge is 0.262 e. The molecule has 0 spiro atoms. The van der Waals surface area contributed by atoms with Crippen LogP contribution in [-0.4, -0.2) is 27.5 Å². The second-order valence-corrected chi connectivity index (χ2v) is 7.71. The molecule has 2 aromatic carbocycles. The topological polar surface area (TPSA) is 71.3 Å². The minimum atomic E-state index is -1.28. The monoisotopic (exact) mass is 452 g/mol. The number of rotatable bonds is 5. The molecule has 9 heteroatoms. The minimum Gasteiger partial charge on any atom is -0.503 e. The molecule has 1 heterocycles. The van der Waals surface area contributed by atoms with Crippen LogP contribution in [-0.2, 0) is 11.2 Å². The number of nitrogens with one attached hydrogen (secondary N) is 1. The molecule has 0 saturated carbocycles. The van der Waals surface area contributed by atoms with Crippen molar-refractivity contribution in [2.24, 2.45) is 0 Å². The summed E-state index contributed by atoms with van der Waals surface area (Å²) in [5.74, 6) is -5.78. The van der Waals surface area contributed by atoms with E-state index in [1.54, 1.807) is 6.92 Å². The van der Waals surface area contributed by atoms with E-state index in [9.17, 15) is 27.9 Å². The van der Waals surface area contributed by atoms with Crippen molar-refractivity contribution in [3.05, 3.63) is 63.6 Å². The molecular formula is C22H20ClF3N2O3. The van der Waals surface area contributed by atoms with Crippen LogP contribution < -0.4 is 5.32 Å². The number of aromatic hydroxyl groups is 1. The Bertz CT molecular complexity index is 1210. The zero-order valence-corrected chi connectivity index (χ0v) is 17.8. The molecule has 0 aliphatic carbocycles. The first kappa shape index (κ1) is 22.7. The van der Waals surface area contributed by atoms with Gasteiger partial charge in [0.1, 0.15) is 5.82 Å². The average molecular weight is 453 g/mol. The van der Waals surface area contributed by atoms with Crippen LogP contribution in [0.15, 0.2) is 24.3 Å². The predicted octanol–water partition coefficient (Wildman–Crippen LogP) is 4.87. The molecule has 2 N–H and O–H groups in total. The van der Waals surface area contributed by atoms with Crippen LogP contribution in [0.2, 0.25) is 5.02 Å². The number of aromatic nitrogens is 1. The van der Waals surface area contributed by atoms with Gasteiger partial charge < -0.3 is 10.4 Å². The summed E-state index contributed by atoms with van der Waals surface area (Å²) in [4.78, 5) is 25.6. The highest BCUT2D eigenvalue weighted by Gasteiger charge is 2.27. The molecule has 0 fully saturated rings. The maximum absolute atomic E-state index is 14.9.